The Labute approximate surface area is 144 Å². The van der Waals surface area contributed by atoms with Crippen LogP contribution in [-0.4, -0.2) is 43.3 Å². The number of benzene rings is 1. The number of likely N-dealkylation sites (tertiary alicyclic amines) is 1. The Balaban J connectivity index is 0.00000208. The van der Waals surface area contributed by atoms with Gasteiger partial charge in [-0.2, -0.15) is 0 Å². The molecule has 0 radical (unpaired) electrons. The number of carbonyl (C=O) groups excluding carboxylic acids is 1. The van der Waals surface area contributed by atoms with Gasteiger partial charge < -0.3 is 15.0 Å². The highest BCUT2D eigenvalue weighted by molar-refractivity contribution is 5.85. The number of hydrogen-bond donors (Lipinski definition) is 1. The summed E-state index contributed by atoms with van der Waals surface area (Å²) in [6.45, 7) is 3.59. The Morgan fingerprint density at radius 2 is 1.75 bits per heavy atom. The summed E-state index contributed by atoms with van der Waals surface area (Å²) in [5, 5.41) is 3.33. The van der Waals surface area contributed by atoms with Crippen molar-refractivity contribution >= 4 is 18.3 Å². The molecule has 1 aromatic carbocycles. The van der Waals surface area contributed by atoms with E-state index in [9.17, 15) is 18.0 Å². The lowest BCUT2D eigenvalue weighted by Gasteiger charge is -2.17. The van der Waals surface area contributed by atoms with E-state index in [1.54, 1.807) is 12.1 Å². The second-order valence-corrected chi connectivity index (χ2v) is 6.17. The average molecular weight is 365 g/mol. The van der Waals surface area contributed by atoms with Gasteiger partial charge in [0, 0.05) is 32.6 Å². The largest absolute Gasteiger partial charge is 0.573 e. The Bertz CT molecular complexity index is 553. The molecular formula is C16H20ClF3N2O2. The number of rotatable bonds is 4. The molecule has 0 aromatic heterocycles. The SMILES string of the molecule is Cl.O=C(CCc1ccc(OC(F)(F)F)cc1)N1C[C@H]2CNC[C@H]2C1. The zero-order valence-corrected chi connectivity index (χ0v) is 13.8. The molecule has 2 heterocycles. The molecule has 3 rings (SSSR count). The van der Waals surface area contributed by atoms with E-state index in [1.165, 1.54) is 12.1 Å². The van der Waals surface area contributed by atoms with Crippen molar-refractivity contribution in [2.24, 2.45) is 11.8 Å². The summed E-state index contributed by atoms with van der Waals surface area (Å²) >= 11 is 0. The number of aryl methyl sites for hydroxylation is 1. The molecule has 1 aromatic rings. The van der Waals surface area contributed by atoms with Gasteiger partial charge >= 0.3 is 6.36 Å². The molecule has 0 bridgehead atoms. The topological polar surface area (TPSA) is 41.6 Å². The smallest absolute Gasteiger partial charge is 0.406 e. The highest BCUT2D eigenvalue weighted by Crippen LogP contribution is 2.27. The molecular weight excluding hydrogens is 345 g/mol. The molecule has 8 heteroatoms. The lowest BCUT2D eigenvalue weighted by molar-refractivity contribution is -0.274. The molecule has 2 atom stereocenters. The van der Waals surface area contributed by atoms with Gasteiger partial charge in [0.25, 0.3) is 0 Å². The zero-order valence-electron chi connectivity index (χ0n) is 13.0. The van der Waals surface area contributed by atoms with Crippen LogP contribution < -0.4 is 10.1 Å². The van der Waals surface area contributed by atoms with Gasteiger partial charge in [0.1, 0.15) is 5.75 Å². The number of ether oxygens (including phenoxy) is 1. The molecule has 2 aliphatic heterocycles. The number of fused-ring (bicyclic) bond motifs is 1. The highest BCUT2D eigenvalue weighted by Gasteiger charge is 2.37. The van der Waals surface area contributed by atoms with E-state index in [2.05, 4.69) is 10.1 Å². The molecule has 2 saturated heterocycles. The number of hydrogen-bond acceptors (Lipinski definition) is 3. The van der Waals surface area contributed by atoms with Gasteiger partial charge in [-0.1, -0.05) is 12.1 Å². The Morgan fingerprint density at radius 3 is 2.29 bits per heavy atom. The van der Waals surface area contributed by atoms with Crippen molar-refractivity contribution in [1.29, 1.82) is 0 Å². The van der Waals surface area contributed by atoms with E-state index >= 15 is 0 Å². The minimum atomic E-state index is -4.68. The summed E-state index contributed by atoms with van der Waals surface area (Å²) in [7, 11) is 0. The number of alkyl halides is 3. The van der Waals surface area contributed by atoms with Crippen LogP contribution in [0.15, 0.2) is 24.3 Å². The van der Waals surface area contributed by atoms with Crippen LogP contribution in [0, 0.1) is 11.8 Å². The standard InChI is InChI=1S/C16H19F3N2O2.ClH/c17-16(18,19)23-14-4-1-11(2-5-14)3-6-15(22)21-9-12-7-20-8-13(12)10-21;/h1-2,4-5,12-13,20H,3,6-10H2;1H/t12-,13+;. The predicted octanol–water partition coefficient (Wildman–Crippen LogP) is 2.62. The fourth-order valence-electron chi connectivity index (χ4n) is 3.33. The summed E-state index contributed by atoms with van der Waals surface area (Å²) in [6, 6.07) is 5.69. The fourth-order valence-corrected chi connectivity index (χ4v) is 3.33. The van der Waals surface area contributed by atoms with Crippen molar-refractivity contribution in [3.8, 4) is 5.75 Å². The summed E-state index contributed by atoms with van der Waals surface area (Å²) in [6.07, 6.45) is -3.78. The van der Waals surface area contributed by atoms with E-state index in [-0.39, 0.29) is 24.1 Å². The molecule has 2 aliphatic rings. The predicted molar refractivity (Wildman–Crippen MR) is 85.1 cm³/mol. The maximum Gasteiger partial charge on any atom is 0.573 e. The van der Waals surface area contributed by atoms with Gasteiger partial charge in [0.05, 0.1) is 0 Å². The third-order valence-electron chi connectivity index (χ3n) is 4.53. The number of carbonyl (C=O) groups is 1. The maximum atomic E-state index is 12.2. The van der Waals surface area contributed by atoms with E-state index in [1.807, 2.05) is 4.90 Å². The Morgan fingerprint density at radius 1 is 1.17 bits per heavy atom. The summed E-state index contributed by atoms with van der Waals surface area (Å²) < 4.78 is 40.1. The van der Waals surface area contributed by atoms with Crippen LogP contribution in [-0.2, 0) is 11.2 Å². The summed E-state index contributed by atoms with van der Waals surface area (Å²) in [5.74, 6) is 1.01. The van der Waals surface area contributed by atoms with E-state index in [4.69, 9.17) is 0 Å². The molecule has 1 N–H and O–H groups in total. The van der Waals surface area contributed by atoms with Crippen LogP contribution >= 0.6 is 12.4 Å². The van der Waals surface area contributed by atoms with Crippen molar-refractivity contribution in [2.75, 3.05) is 26.2 Å². The van der Waals surface area contributed by atoms with Gasteiger partial charge in [-0.05, 0) is 36.0 Å². The van der Waals surface area contributed by atoms with Gasteiger partial charge in [0.15, 0.2) is 0 Å². The quantitative estimate of drug-likeness (QED) is 0.893. The molecule has 0 aliphatic carbocycles. The first-order valence-corrected chi connectivity index (χ1v) is 7.74. The molecule has 134 valence electrons. The van der Waals surface area contributed by atoms with Crippen molar-refractivity contribution in [3.05, 3.63) is 29.8 Å². The highest BCUT2D eigenvalue weighted by atomic mass is 35.5. The summed E-state index contributed by atoms with van der Waals surface area (Å²) in [5.41, 5.74) is 0.828. The Kier molecular flexibility index (Phi) is 5.98. The molecule has 0 spiro atoms. The van der Waals surface area contributed by atoms with Crippen molar-refractivity contribution in [3.63, 3.8) is 0 Å². The van der Waals surface area contributed by atoms with Crippen LogP contribution in [0.1, 0.15) is 12.0 Å². The molecule has 4 nitrogen and oxygen atoms in total. The lowest BCUT2D eigenvalue weighted by atomic mass is 10.0. The molecule has 1 amide bonds. The van der Waals surface area contributed by atoms with Gasteiger partial charge in [-0.25, -0.2) is 0 Å². The van der Waals surface area contributed by atoms with Crippen LogP contribution in [0.3, 0.4) is 0 Å². The second-order valence-electron chi connectivity index (χ2n) is 6.17. The minimum absolute atomic E-state index is 0. The van der Waals surface area contributed by atoms with E-state index < -0.39 is 6.36 Å². The normalized spacial score (nSPS) is 22.9. The zero-order chi connectivity index (χ0) is 16.4. The minimum Gasteiger partial charge on any atom is -0.406 e. The third-order valence-corrected chi connectivity index (χ3v) is 4.53. The molecule has 2 fully saturated rings. The average Bonchev–Trinajstić information content (AvgIpc) is 3.05. The molecule has 0 unspecified atom stereocenters. The fraction of sp³-hybridized carbons (Fsp3) is 0.562. The number of halogens is 4. The first-order valence-electron chi connectivity index (χ1n) is 7.74. The molecule has 0 saturated carbocycles. The third kappa shape index (κ3) is 4.77. The maximum absolute atomic E-state index is 12.2. The first kappa shape index (κ1) is 18.9. The van der Waals surface area contributed by atoms with Crippen molar-refractivity contribution in [2.45, 2.75) is 19.2 Å². The van der Waals surface area contributed by atoms with Crippen LogP contribution in [0.5, 0.6) is 5.75 Å². The number of amides is 1. The second kappa shape index (κ2) is 7.61. The van der Waals surface area contributed by atoms with Gasteiger partial charge in [-0.3, -0.25) is 4.79 Å². The van der Waals surface area contributed by atoms with E-state index in [0.717, 1.165) is 31.7 Å². The number of nitrogens with zero attached hydrogens (tertiary/aromatic N) is 1. The molecule has 24 heavy (non-hydrogen) atoms. The summed E-state index contributed by atoms with van der Waals surface area (Å²) in [4.78, 5) is 14.2. The Hall–Kier alpha value is -1.47. The van der Waals surface area contributed by atoms with Gasteiger partial charge in [-0.15, -0.1) is 25.6 Å². The van der Waals surface area contributed by atoms with Crippen molar-refractivity contribution in [1.82, 2.24) is 10.2 Å². The van der Waals surface area contributed by atoms with Crippen LogP contribution in [0.2, 0.25) is 0 Å². The number of nitrogens with one attached hydrogen (secondary N) is 1. The van der Waals surface area contributed by atoms with Crippen LogP contribution in [0.4, 0.5) is 13.2 Å². The first-order chi connectivity index (χ1) is 10.9. The lowest BCUT2D eigenvalue weighted by Crippen LogP contribution is -2.31. The van der Waals surface area contributed by atoms with Crippen LogP contribution in [0.25, 0.3) is 0 Å². The van der Waals surface area contributed by atoms with E-state index in [0.29, 0.717) is 24.7 Å². The van der Waals surface area contributed by atoms with Gasteiger partial charge in [0.2, 0.25) is 5.91 Å². The van der Waals surface area contributed by atoms with Crippen molar-refractivity contribution < 1.29 is 22.7 Å². The monoisotopic (exact) mass is 364 g/mol.